The highest BCUT2D eigenvalue weighted by Crippen LogP contribution is 2.40. The molecular weight excluding hydrogens is 308 g/mol. The van der Waals surface area contributed by atoms with E-state index in [0.717, 1.165) is 17.7 Å². The molecule has 0 spiro atoms. The largest absolute Gasteiger partial charge is 0.478 e. The molecule has 6 heteroatoms. The number of thioether (sulfide) groups is 1. The van der Waals surface area contributed by atoms with E-state index in [2.05, 4.69) is 9.97 Å². The van der Waals surface area contributed by atoms with E-state index >= 15 is 0 Å². The van der Waals surface area contributed by atoms with Gasteiger partial charge in [-0.1, -0.05) is 11.6 Å². The average Bonchev–Trinajstić information content (AvgIpc) is 3.31. The van der Waals surface area contributed by atoms with Gasteiger partial charge in [-0.3, -0.25) is 0 Å². The first-order valence-corrected chi connectivity index (χ1v) is 7.97. The van der Waals surface area contributed by atoms with Crippen molar-refractivity contribution in [2.24, 2.45) is 0 Å². The van der Waals surface area contributed by atoms with E-state index in [9.17, 15) is 4.79 Å². The van der Waals surface area contributed by atoms with Crippen LogP contribution in [-0.2, 0) is 5.75 Å². The first-order chi connectivity index (χ1) is 10.1. The molecule has 1 heterocycles. The van der Waals surface area contributed by atoms with Crippen molar-refractivity contribution >= 4 is 29.3 Å². The van der Waals surface area contributed by atoms with Crippen molar-refractivity contribution in [3.63, 3.8) is 0 Å². The molecule has 1 N–H and O–H groups in total. The molecule has 0 bridgehead atoms. The average molecular weight is 321 g/mol. The number of carboxylic acid groups (broad SMARTS) is 1. The summed E-state index contributed by atoms with van der Waals surface area (Å²) in [5.74, 6) is 0.621. The molecule has 3 rings (SSSR count). The highest BCUT2D eigenvalue weighted by Gasteiger charge is 2.30. The summed E-state index contributed by atoms with van der Waals surface area (Å²) < 4.78 is 0. The number of halogens is 1. The van der Waals surface area contributed by atoms with Crippen LogP contribution in [0.4, 0.5) is 0 Å². The minimum atomic E-state index is -0.950. The van der Waals surface area contributed by atoms with Gasteiger partial charge < -0.3 is 5.11 Å². The molecule has 0 aliphatic heterocycles. The summed E-state index contributed by atoms with van der Waals surface area (Å²) in [5.41, 5.74) is 0.918. The second kappa shape index (κ2) is 6.03. The van der Waals surface area contributed by atoms with Gasteiger partial charge in [-0.25, -0.2) is 14.8 Å². The molecule has 2 aromatic rings. The Morgan fingerprint density at radius 1 is 1.33 bits per heavy atom. The summed E-state index contributed by atoms with van der Waals surface area (Å²) in [4.78, 5) is 20.9. The Balaban J connectivity index is 1.75. The molecule has 0 atom stereocenters. The van der Waals surface area contributed by atoms with Gasteiger partial charge in [0.15, 0.2) is 0 Å². The lowest BCUT2D eigenvalue weighted by Crippen LogP contribution is -2.07. The van der Waals surface area contributed by atoms with Gasteiger partial charge in [0.1, 0.15) is 5.82 Å². The zero-order valence-corrected chi connectivity index (χ0v) is 12.7. The van der Waals surface area contributed by atoms with Crippen LogP contribution < -0.4 is 0 Å². The molecule has 1 fully saturated rings. The van der Waals surface area contributed by atoms with Gasteiger partial charge in [-0.15, -0.1) is 11.8 Å². The molecule has 0 saturated heterocycles. The molecule has 21 heavy (non-hydrogen) atoms. The third-order valence-corrected chi connectivity index (χ3v) is 4.50. The number of hydrogen-bond donors (Lipinski definition) is 1. The Hall–Kier alpha value is -1.59. The molecule has 0 radical (unpaired) electrons. The first kappa shape index (κ1) is 14.4. The van der Waals surface area contributed by atoms with Crippen LogP contribution in [0.25, 0.3) is 0 Å². The number of carbonyl (C=O) groups is 1. The highest BCUT2D eigenvalue weighted by molar-refractivity contribution is 7.98. The Bertz CT molecular complexity index is 672. The van der Waals surface area contributed by atoms with Crippen molar-refractivity contribution in [2.75, 3.05) is 0 Å². The molecule has 0 unspecified atom stereocenters. The summed E-state index contributed by atoms with van der Waals surface area (Å²) in [6.45, 7) is 0. The Labute approximate surface area is 131 Å². The third kappa shape index (κ3) is 3.54. The summed E-state index contributed by atoms with van der Waals surface area (Å²) >= 11 is 7.46. The standard InChI is InChI=1S/C15H13ClN2O2S/c16-10-3-5-11(6-4-10)21-8-13-17-7-12(15(19)20)14(18-13)9-1-2-9/h3-7,9H,1-2,8H2,(H,19,20). The second-order valence-corrected chi connectivity index (χ2v) is 6.39. The van der Waals surface area contributed by atoms with E-state index in [1.54, 1.807) is 11.8 Å². The molecule has 1 aromatic carbocycles. The third-order valence-electron chi connectivity index (χ3n) is 3.24. The van der Waals surface area contributed by atoms with Crippen LogP contribution in [-0.4, -0.2) is 21.0 Å². The van der Waals surface area contributed by atoms with Crippen molar-refractivity contribution in [2.45, 2.75) is 29.4 Å². The van der Waals surface area contributed by atoms with Gasteiger partial charge in [0.05, 0.1) is 17.0 Å². The smallest absolute Gasteiger partial charge is 0.339 e. The maximum absolute atomic E-state index is 11.2. The number of aromatic nitrogens is 2. The molecule has 1 saturated carbocycles. The van der Waals surface area contributed by atoms with Crippen LogP contribution in [0.5, 0.6) is 0 Å². The summed E-state index contributed by atoms with van der Waals surface area (Å²) in [6.07, 6.45) is 3.46. The molecule has 4 nitrogen and oxygen atoms in total. The topological polar surface area (TPSA) is 63.1 Å². The fourth-order valence-electron chi connectivity index (χ4n) is 2.01. The maximum Gasteiger partial charge on any atom is 0.339 e. The van der Waals surface area contributed by atoms with E-state index in [0.29, 0.717) is 28.2 Å². The van der Waals surface area contributed by atoms with Crippen molar-refractivity contribution in [1.82, 2.24) is 9.97 Å². The summed E-state index contributed by atoms with van der Waals surface area (Å²) in [6, 6.07) is 7.57. The lowest BCUT2D eigenvalue weighted by molar-refractivity contribution is 0.0694. The van der Waals surface area contributed by atoms with Crippen LogP contribution in [0.3, 0.4) is 0 Å². The monoisotopic (exact) mass is 320 g/mol. The van der Waals surface area contributed by atoms with Gasteiger partial charge in [0.2, 0.25) is 0 Å². The summed E-state index contributed by atoms with van der Waals surface area (Å²) in [7, 11) is 0. The van der Waals surface area contributed by atoms with Crippen LogP contribution in [0, 0.1) is 0 Å². The van der Waals surface area contributed by atoms with Crippen molar-refractivity contribution in [3.8, 4) is 0 Å². The molecular formula is C15H13ClN2O2S. The fourth-order valence-corrected chi connectivity index (χ4v) is 2.90. The first-order valence-electron chi connectivity index (χ1n) is 6.61. The van der Waals surface area contributed by atoms with Crippen molar-refractivity contribution < 1.29 is 9.90 Å². The van der Waals surface area contributed by atoms with Gasteiger partial charge >= 0.3 is 5.97 Å². The van der Waals surface area contributed by atoms with E-state index in [1.807, 2.05) is 24.3 Å². The lowest BCUT2D eigenvalue weighted by Gasteiger charge is -2.06. The number of aromatic carboxylic acids is 1. The van der Waals surface area contributed by atoms with Gasteiger partial charge in [-0.05, 0) is 37.1 Å². The number of carboxylic acids is 1. The fraction of sp³-hybridized carbons (Fsp3) is 0.267. The second-order valence-electron chi connectivity index (χ2n) is 4.91. The number of nitrogens with zero attached hydrogens (tertiary/aromatic N) is 2. The highest BCUT2D eigenvalue weighted by atomic mass is 35.5. The van der Waals surface area contributed by atoms with Crippen LogP contribution >= 0.6 is 23.4 Å². The number of benzene rings is 1. The molecule has 108 valence electrons. The number of hydrogen-bond acceptors (Lipinski definition) is 4. The molecule has 0 amide bonds. The van der Waals surface area contributed by atoms with Gasteiger partial charge in [0, 0.05) is 22.0 Å². The Morgan fingerprint density at radius 2 is 2.05 bits per heavy atom. The van der Waals surface area contributed by atoms with Gasteiger partial charge in [0.25, 0.3) is 0 Å². The van der Waals surface area contributed by atoms with E-state index in [-0.39, 0.29) is 5.56 Å². The van der Waals surface area contributed by atoms with Gasteiger partial charge in [-0.2, -0.15) is 0 Å². The zero-order chi connectivity index (χ0) is 14.8. The van der Waals surface area contributed by atoms with Crippen molar-refractivity contribution in [1.29, 1.82) is 0 Å². The molecule has 1 aromatic heterocycles. The summed E-state index contributed by atoms with van der Waals surface area (Å²) in [5, 5.41) is 9.88. The minimum absolute atomic E-state index is 0.234. The molecule has 1 aliphatic carbocycles. The quantitative estimate of drug-likeness (QED) is 0.844. The SMILES string of the molecule is O=C(O)c1cnc(CSc2ccc(Cl)cc2)nc1C1CC1. The van der Waals surface area contributed by atoms with E-state index in [1.165, 1.54) is 6.20 Å². The predicted octanol–water partition coefficient (Wildman–Crippen LogP) is 4.00. The van der Waals surface area contributed by atoms with E-state index in [4.69, 9.17) is 16.7 Å². The van der Waals surface area contributed by atoms with Crippen molar-refractivity contribution in [3.05, 3.63) is 52.6 Å². The van der Waals surface area contributed by atoms with Crippen LogP contribution in [0.15, 0.2) is 35.4 Å². The Morgan fingerprint density at radius 3 is 2.67 bits per heavy atom. The number of rotatable bonds is 5. The van der Waals surface area contributed by atoms with Crippen LogP contribution in [0.1, 0.15) is 40.6 Å². The van der Waals surface area contributed by atoms with E-state index < -0.39 is 5.97 Å². The Kier molecular flexibility index (Phi) is 4.12. The predicted molar refractivity (Wildman–Crippen MR) is 82.0 cm³/mol. The maximum atomic E-state index is 11.2. The van der Waals surface area contributed by atoms with Crippen LogP contribution in [0.2, 0.25) is 5.02 Å². The lowest BCUT2D eigenvalue weighted by atomic mass is 10.1. The normalized spacial score (nSPS) is 14.1. The zero-order valence-electron chi connectivity index (χ0n) is 11.1. The molecule has 1 aliphatic rings. The minimum Gasteiger partial charge on any atom is -0.478 e.